The Morgan fingerprint density at radius 3 is 2.83 bits per heavy atom. The number of rotatable bonds is 4. The first kappa shape index (κ1) is 9.75. The smallest absolute Gasteiger partial charge is 0.0757 e. The molecule has 1 N–H and O–H groups in total. The molecule has 1 rings (SSSR count). The Hall–Kier alpha value is -0.340. The van der Waals surface area contributed by atoms with E-state index in [0.29, 0.717) is 0 Å². The minimum atomic E-state index is -0.240. The van der Waals surface area contributed by atoms with E-state index in [9.17, 15) is 0 Å². The fourth-order valence-electron chi connectivity index (χ4n) is 1.30. The highest BCUT2D eigenvalue weighted by Crippen LogP contribution is 2.14. The molecule has 1 aliphatic carbocycles. The number of hydrogen-bond donors (Lipinski definition) is 1. The summed E-state index contributed by atoms with van der Waals surface area (Å²) in [6.45, 7) is 3.01. The van der Waals surface area contributed by atoms with Gasteiger partial charge in [-0.3, -0.25) is 0 Å². The second-order valence-corrected chi connectivity index (χ2v) is 3.29. The number of unbranched alkanes of at least 4 members (excludes halogenated alkanes) is 1. The van der Waals surface area contributed by atoms with Gasteiger partial charge >= 0.3 is 0 Å². The third-order valence-electron chi connectivity index (χ3n) is 2.12. The van der Waals surface area contributed by atoms with Crippen LogP contribution >= 0.6 is 0 Å². The summed E-state index contributed by atoms with van der Waals surface area (Å²) < 4.78 is 5.57. The summed E-state index contributed by atoms with van der Waals surface area (Å²) in [4.78, 5) is 0. The van der Waals surface area contributed by atoms with Crippen molar-refractivity contribution in [2.75, 3.05) is 6.61 Å². The van der Waals surface area contributed by atoms with Gasteiger partial charge in [-0.15, -0.1) is 0 Å². The molecule has 0 aromatic rings. The van der Waals surface area contributed by atoms with E-state index in [0.717, 1.165) is 25.9 Å². The molecule has 0 heterocycles. The Balaban J connectivity index is 2.13. The molecule has 0 aromatic carbocycles. The minimum absolute atomic E-state index is 0.240. The Morgan fingerprint density at radius 1 is 1.42 bits per heavy atom. The predicted octanol–water partition coefficient (Wildman–Crippen LogP) is 1.88. The molecule has 0 unspecified atom stereocenters. The largest absolute Gasteiger partial charge is 0.389 e. The van der Waals surface area contributed by atoms with Crippen LogP contribution in [0.3, 0.4) is 0 Å². The SMILES string of the molecule is CCCCO[C@H]1C=C[C@@H](O)CC1. The number of aliphatic hydroxyl groups excluding tert-OH is 1. The highest BCUT2D eigenvalue weighted by Gasteiger charge is 2.12. The third-order valence-corrected chi connectivity index (χ3v) is 2.12. The molecule has 2 nitrogen and oxygen atoms in total. The van der Waals surface area contributed by atoms with Gasteiger partial charge in [-0.1, -0.05) is 25.5 Å². The molecular formula is C10H18O2. The highest BCUT2D eigenvalue weighted by molar-refractivity contribution is 4.99. The quantitative estimate of drug-likeness (QED) is 0.515. The van der Waals surface area contributed by atoms with Crippen LogP contribution in [0.1, 0.15) is 32.6 Å². The molecular weight excluding hydrogens is 152 g/mol. The van der Waals surface area contributed by atoms with Crippen molar-refractivity contribution in [3.63, 3.8) is 0 Å². The summed E-state index contributed by atoms with van der Waals surface area (Å²) in [6, 6.07) is 0. The monoisotopic (exact) mass is 170 g/mol. The van der Waals surface area contributed by atoms with Crippen molar-refractivity contribution in [3.05, 3.63) is 12.2 Å². The maximum absolute atomic E-state index is 9.16. The van der Waals surface area contributed by atoms with E-state index in [4.69, 9.17) is 9.84 Å². The van der Waals surface area contributed by atoms with Gasteiger partial charge < -0.3 is 9.84 Å². The van der Waals surface area contributed by atoms with E-state index < -0.39 is 0 Å². The summed E-state index contributed by atoms with van der Waals surface area (Å²) >= 11 is 0. The fourth-order valence-corrected chi connectivity index (χ4v) is 1.30. The first-order chi connectivity index (χ1) is 5.83. The second kappa shape index (κ2) is 5.33. The Bertz CT molecular complexity index is 143. The zero-order chi connectivity index (χ0) is 8.81. The lowest BCUT2D eigenvalue weighted by Gasteiger charge is -2.19. The van der Waals surface area contributed by atoms with Crippen LogP contribution < -0.4 is 0 Å². The number of hydrogen-bond acceptors (Lipinski definition) is 2. The molecule has 0 fully saturated rings. The van der Waals surface area contributed by atoms with Gasteiger partial charge in [0.1, 0.15) is 0 Å². The van der Waals surface area contributed by atoms with Crippen LogP contribution in [0.25, 0.3) is 0 Å². The van der Waals surface area contributed by atoms with Gasteiger partial charge in [0, 0.05) is 6.61 Å². The van der Waals surface area contributed by atoms with E-state index in [-0.39, 0.29) is 12.2 Å². The molecule has 0 bridgehead atoms. The molecule has 0 aromatic heterocycles. The van der Waals surface area contributed by atoms with Gasteiger partial charge in [0.25, 0.3) is 0 Å². The van der Waals surface area contributed by atoms with Crippen molar-refractivity contribution in [2.45, 2.75) is 44.8 Å². The van der Waals surface area contributed by atoms with Crippen LogP contribution in [-0.2, 0) is 4.74 Å². The van der Waals surface area contributed by atoms with E-state index in [1.165, 1.54) is 6.42 Å². The standard InChI is InChI=1S/C10H18O2/c1-2-3-8-12-10-6-4-9(11)5-7-10/h4,6,9-11H,2-3,5,7-8H2,1H3/t9-,10+/m1/s1. The fraction of sp³-hybridized carbons (Fsp3) is 0.800. The lowest BCUT2D eigenvalue weighted by molar-refractivity contribution is 0.0591. The van der Waals surface area contributed by atoms with Crippen LogP contribution in [0.4, 0.5) is 0 Å². The molecule has 0 spiro atoms. The zero-order valence-corrected chi connectivity index (χ0v) is 7.70. The molecule has 0 amide bonds. The highest BCUT2D eigenvalue weighted by atomic mass is 16.5. The first-order valence-corrected chi connectivity index (χ1v) is 4.81. The van der Waals surface area contributed by atoms with Gasteiger partial charge in [0.05, 0.1) is 12.2 Å². The van der Waals surface area contributed by atoms with Crippen molar-refractivity contribution in [1.29, 1.82) is 0 Å². The third kappa shape index (κ3) is 3.37. The van der Waals surface area contributed by atoms with Crippen molar-refractivity contribution in [1.82, 2.24) is 0 Å². The molecule has 12 heavy (non-hydrogen) atoms. The van der Waals surface area contributed by atoms with Crippen molar-refractivity contribution in [2.24, 2.45) is 0 Å². The molecule has 70 valence electrons. The van der Waals surface area contributed by atoms with Gasteiger partial charge in [-0.2, -0.15) is 0 Å². The predicted molar refractivity (Wildman–Crippen MR) is 49.0 cm³/mol. The van der Waals surface area contributed by atoms with Crippen molar-refractivity contribution < 1.29 is 9.84 Å². The van der Waals surface area contributed by atoms with E-state index >= 15 is 0 Å². The molecule has 0 saturated carbocycles. The summed E-state index contributed by atoms with van der Waals surface area (Å²) in [7, 11) is 0. The molecule has 2 atom stereocenters. The number of ether oxygens (including phenoxy) is 1. The zero-order valence-electron chi connectivity index (χ0n) is 7.70. The lowest BCUT2D eigenvalue weighted by Crippen LogP contribution is -2.19. The summed E-state index contributed by atoms with van der Waals surface area (Å²) in [6.07, 6.45) is 7.93. The first-order valence-electron chi connectivity index (χ1n) is 4.81. The van der Waals surface area contributed by atoms with Crippen LogP contribution in [0, 0.1) is 0 Å². The van der Waals surface area contributed by atoms with Gasteiger partial charge in [0.15, 0.2) is 0 Å². The molecule has 0 aliphatic heterocycles. The van der Waals surface area contributed by atoms with E-state index in [2.05, 4.69) is 6.92 Å². The average molecular weight is 170 g/mol. The van der Waals surface area contributed by atoms with Crippen LogP contribution in [0.15, 0.2) is 12.2 Å². The van der Waals surface area contributed by atoms with E-state index in [1.807, 2.05) is 12.2 Å². The van der Waals surface area contributed by atoms with Gasteiger partial charge in [-0.05, 0) is 19.3 Å². The average Bonchev–Trinajstić information content (AvgIpc) is 2.09. The van der Waals surface area contributed by atoms with Crippen molar-refractivity contribution >= 4 is 0 Å². The Kier molecular flexibility index (Phi) is 4.33. The summed E-state index contributed by atoms with van der Waals surface area (Å²) in [5, 5.41) is 9.16. The van der Waals surface area contributed by atoms with E-state index in [1.54, 1.807) is 0 Å². The van der Waals surface area contributed by atoms with Gasteiger partial charge in [-0.25, -0.2) is 0 Å². The maximum Gasteiger partial charge on any atom is 0.0757 e. The van der Waals surface area contributed by atoms with Crippen LogP contribution in [0.2, 0.25) is 0 Å². The normalized spacial score (nSPS) is 29.2. The molecule has 1 aliphatic rings. The lowest BCUT2D eigenvalue weighted by atomic mass is 10.0. The summed E-state index contributed by atoms with van der Waals surface area (Å²) in [5.74, 6) is 0. The summed E-state index contributed by atoms with van der Waals surface area (Å²) in [5.41, 5.74) is 0. The maximum atomic E-state index is 9.16. The second-order valence-electron chi connectivity index (χ2n) is 3.29. The Labute approximate surface area is 74.2 Å². The van der Waals surface area contributed by atoms with Crippen LogP contribution in [-0.4, -0.2) is 23.9 Å². The van der Waals surface area contributed by atoms with Gasteiger partial charge in [0.2, 0.25) is 0 Å². The molecule has 0 radical (unpaired) electrons. The topological polar surface area (TPSA) is 29.5 Å². The molecule has 0 saturated heterocycles. The minimum Gasteiger partial charge on any atom is -0.389 e. The molecule has 2 heteroatoms. The van der Waals surface area contributed by atoms with Crippen molar-refractivity contribution in [3.8, 4) is 0 Å². The van der Waals surface area contributed by atoms with Crippen LogP contribution in [0.5, 0.6) is 0 Å². The Morgan fingerprint density at radius 2 is 2.25 bits per heavy atom. The number of aliphatic hydroxyl groups is 1.